The van der Waals surface area contributed by atoms with Crippen molar-refractivity contribution in [1.82, 2.24) is 0 Å². The largest absolute Gasteiger partial charge is 0.493 e. The van der Waals surface area contributed by atoms with Crippen LogP contribution in [0, 0.1) is 11.7 Å². The van der Waals surface area contributed by atoms with Crippen molar-refractivity contribution in [2.24, 2.45) is 11.7 Å². The lowest BCUT2D eigenvalue weighted by atomic mass is 10.0. The number of hydrogen-bond acceptors (Lipinski definition) is 2. The van der Waals surface area contributed by atoms with E-state index in [1.165, 1.54) is 17.7 Å². The van der Waals surface area contributed by atoms with Crippen molar-refractivity contribution in [2.75, 3.05) is 13.2 Å². The molecule has 2 aromatic rings. The minimum Gasteiger partial charge on any atom is -0.493 e. The van der Waals surface area contributed by atoms with Gasteiger partial charge in [-0.3, -0.25) is 0 Å². The van der Waals surface area contributed by atoms with E-state index in [0.29, 0.717) is 18.9 Å². The van der Waals surface area contributed by atoms with Crippen LogP contribution in [0.1, 0.15) is 5.56 Å². The summed E-state index contributed by atoms with van der Waals surface area (Å²) in [5.74, 6) is 0.673. The van der Waals surface area contributed by atoms with Gasteiger partial charge >= 0.3 is 0 Å². The molecule has 0 spiro atoms. The maximum absolute atomic E-state index is 12.8. The molecule has 0 aliphatic heterocycles. The molecule has 0 amide bonds. The highest BCUT2D eigenvalue weighted by Crippen LogP contribution is 2.14. The Balaban J connectivity index is 1.87. The van der Waals surface area contributed by atoms with E-state index < -0.39 is 0 Å². The summed E-state index contributed by atoms with van der Waals surface area (Å²) < 4.78 is 18.4. The number of ether oxygens (including phenoxy) is 1. The zero-order valence-electron chi connectivity index (χ0n) is 10.8. The number of halogens is 1. The molecule has 3 heteroatoms. The first-order chi connectivity index (χ1) is 9.28. The van der Waals surface area contributed by atoms with Crippen LogP contribution in [-0.2, 0) is 6.42 Å². The van der Waals surface area contributed by atoms with E-state index in [1.807, 2.05) is 18.2 Å². The number of hydrogen-bond donors (Lipinski definition) is 1. The van der Waals surface area contributed by atoms with Crippen molar-refractivity contribution in [3.05, 3.63) is 66.0 Å². The van der Waals surface area contributed by atoms with Crippen LogP contribution in [-0.4, -0.2) is 13.2 Å². The van der Waals surface area contributed by atoms with Gasteiger partial charge in [-0.05, 0) is 42.8 Å². The molecule has 2 nitrogen and oxygen atoms in total. The third kappa shape index (κ3) is 4.38. The van der Waals surface area contributed by atoms with Crippen LogP contribution < -0.4 is 10.5 Å². The molecule has 0 aromatic heterocycles. The molecule has 2 aromatic carbocycles. The molecule has 0 saturated carbocycles. The second-order valence-electron chi connectivity index (χ2n) is 4.56. The van der Waals surface area contributed by atoms with Crippen LogP contribution in [0.4, 0.5) is 4.39 Å². The van der Waals surface area contributed by atoms with Gasteiger partial charge in [0.15, 0.2) is 0 Å². The fraction of sp³-hybridized carbons (Fsp3) is 0.250. The Bertz CT molecular complexity index is 484. The Morgan fingerprint density at radius 2 is 1.68 bits per heavy atom. The predicted octanol–water partition coefficient (Wildman–Crippen LogP) is 3.02. The van der Waals surface area contributed by atoms with Crippen molar-refractivity contribution < 1.29 is 9.13 Å². The molecule has 19 heavy (non-hydrogen) atoms. The second-order valence-corrected chi connectivity index (χ2v) is 4.56. The monoisotopic (exact) mass is 259 g/mol. The first-order valence-electron chi connectivity index (χ1n) is 6.40. The van der Waals surface area contributed by atoms with Crippen LogP contribution >= 0.6 is 0 Å². The molecule has 100 valence electrons. The van der Waals surface area contributed by atoms with Gasteiger partial charge in [-0.2, -0.15) is 0 Å². The molecule has 0 fully saturated rings. The molecule has 2 rings (SSSR count). The number of benzene rings is 2. The maximum Gasteiger partial charge on any atom is 0.123 e. The van der Waals surface area contributed by atoms with Gasteiger partial charge in [0.05, 0.1) is 6.61 Å². The molecule has 1 unspecified atom stereocenters. The Morgan fingerprint density at radius 1 is 1.00 bits per heavy atom. The normalized spacial score (nSPS) is 12.1. The average molecular weight is 259 g/mol. The molecule has 0 aliphatic rings. The third-order valence-electron chi connectivity index (χ3n) is 3.00. The average Bonchev–Trinajstić information content (AvgIpc) is 2.46. The summed E-state index contributed by atoms with van der Waals surface area (Å²) in [6.07, 6.45) is 0.887. The van der Waals surface area contributed by atoms with Gasteiger partial charge < -0.3 is 10.5 Å². The second kappa shape index (κ2) is 6.90. The molecule has 0 bridgehead atoms. The molecule has 0 aliphatic carbocycles. The zero-order chi connectivity index (χ0) is 13.5. The number of rotatable bonds is 6. The molecule has 0 saturated heterocycles. The van der Waals surface area contributed by atoms with Gasteiger partial charge in [0.25, 0.3) is 0 Å². The van der Waals surface area contributed by atoms with Gasteiger partial charge in [-0.25, -0.2) is 4.39 Å². The lowest BCUT2D eigenvalue weighted by Gasteiger charge is -2.16. The van der Waals surface area contributed by atoms with Crippen molar-refractivity contribution in [1.29, 1.82) is 0 Å². The van der Waals surface area contributed by atoms with E-state index in [1.54, 1.807) is 12.1 Å². The molecular weight excluding hydrogens is 241 g/mol. The summed E-state index contributed by atoms with van der Waals surface area (Å²) >= 11 is 0. The van der Waals surface area contributed by atoms with E-state index >= 15 is 0 Å². The van der Waals surface area contributed by atoms with Gasteiger partial charge in [-0.1, -0.05) is 30.3 Å². The predicted molar refractivity (Wildman–Crippen MR) is 74.6 cm³/mol. The summed E-state index contributed by atoms with van der Waals surface area (Å²) in [4.78, 5) is 0. The van der Waals surface area contributed by atoms with Crippen LogP contribution in [0.5, 0.6) is 5.75 Å². The van der Waals surface area contributed by atoms with E-state index in [2.05, 4.69) is 12.1 Å². The van der Waals surface area contributed by atoms with Crippen LogP contribution in [0.2, 0.25) is 0 Å². The van der Waals surface area contributed by atoms with E-state index in [4.69, 9.17) is 10.5 Å². The van der Waals surface area contributed by atoms with E-state index in [0.717, 1.165) is 6.42 Å². The van der Waals surface area contributed by atoms with Crippen molar-refractivity contribution in [2.45, 2.75) is 6.42 Å². The Morgan fingerprint density at radius 3 is 2.32 bits per heavy atom. The Kier molecular flexibility index (Phi) is 4.93. The quantitative estimate of drug-likeness (QED) is 0.865. The molecular formula is C16H18FNO. The standard InChI is InChI=1S/C16H18FNO/c17-15-6-8-16(9-7-15)19-12-14(11-18)10-13-4-2-1-3-5-13/h1-9,14H,10-12,18H2. The molecule has 0 radical (unpaired) electrons. The smallest absolute Gasteiger partial charge is 0.123 e. The van der Waals surface area contributed by atoms with Gasteiger partial charge in [-0.15, -0.1) is 0 Å². The van der Waals surface area contributed by atoms with Crippen LogP contribution in [0.25, 0.3) is 0 Å². The maximum atomic E-state index is 12.8. The van der Waals surface area contributed by atoms with Crippen LogP contribution in [0.15, 0.2) is 54.6 Å². The SMILES string of the molecule is NCC(COc1ccc(F)cc1)Cc1ccccc1. The molecule has 1 atom stereocenters. The minimum atomic E-state index is -0.257. The first kappa shape index (κ1) is 13.6. The van der Waals surface area contributed by atoms with Crippen molar-refractivity contribution in [3.8, 4) is 5.75 Å². The van der Waals surface area contributed by atoms with E-state index in [-0.39, 0.29) is 11.7 Å². The number of nitrogens with two attached hydrogens (primary N) is 1. The van der Waals surface area contributed by atoms with Gasteiger partial charge in [0.1, 0.15) is 11.6 Å². The van der Waals surface area contributed by atoms with Gasteiger partial charge in [0.2, 0.25) is 0 Å². The van der Waals surface area contributed by atoms with Crippen molar-refractivity contribution in [3.63, 3.8) is 0 Å². The minimum absolute atomic E-state index is 0.257. The van der Waals surface area contributed by atoms with Gasteiger partial charge in [0, 0.05) is 5.92 Å². The fourth-order valence-electron chi connectivity index (χ4n) is 1.90. The fourth-order valence-corrected chi connectivity index (χ4v) is 1.90. The van der Waals surface area contributed by atoms with E-state index in [9.17, 15) is 4.39 Å². The summed E-state index contributed by atoms with van der Waals surface area (Å²) in [5.41, 5.74) is 7.02. The summed E-state index contributed by atoms with van der Waals surface area (Å²) in [7, 11) is 0. The zero-order valence-corrected chi connectivity index (χ0v) is 10.8. The lowest BCUT2D eigenvalue weighted by molar-refractivity contribution is 0.251. The Labute approximate surface area is 113 Å². The first-order valence-corrected chi connectivity index (χ1v) is 6.40. The Hall–Kier alpha value is -1.87. The summed E-state index contributed by atoms with van der Waals surface area (Å²) in [6.45, 7) is 1.10. The highest BCUT2D eigenvalue weighted by Gasteiger charge is 2.09. The highest BCUT2D eigenvalue weighted by atomic mass is 19.1. The molecule has 0 heterocycles. The molecule has 2 N–H and O–H groups in total. The third-order valence-corrected chi connectivity index (χ3v) is 3.00. The van der Waals surface area contributed by atoms with Crippen molar-refractivity contribution >= 4 is 0 Å². The highest BCUT2D eigenvalue weighted by molar-refractivity contribution is 5.22. The summed E-state index contributed by atoms with van der Waals surface area (Å²) in [5, 5.41) is 0. The lowest BCUT2D eigenvalue weighted by Crippen LogP contribution is -2.23. The van der Waals surface area contributed by atoms with Crippen LogP contribution in [0.3, 0.4) is 0 Å². The topological polar surface area (TPSA) is 35.2 Å². The summed E-state index contributed by atoms with van der Waals surface area (Å²) in [6, 6.07) is 16.2.